The molecule has 1 aromatic heterocycles. The summed E-state index contributed by atoms with van der Waals surface area (Å²) >= 11 is 1.64. The number of thiophene rings is 1. The van der Waals surface area contributed by atoms with Crippen molar-refractivity contribution in [2.24, 2.45) is 0 Å². The predicted octanol–water partition coefficient (Wildman–Crippen LogP) is 1.41. The molecule has 0 bridgehead atoms. The summed E-state index contributed by atoms with van der Waals surface area (Å²) in [5.74, 6) is -0.189. The maximum Gasteiger partial charge on any atom is 0.246 e. The van der Waals surface area contributed by atoms with E-state index in [2.05, 4.69) is 28.2 Å². The van der Waals surface area contributed by atoms with E-state index in [-0.39, 0.29) is 18.6 Å². The first-order chi connectivity index (χ1) is 8.56. The van der Waals surface area contributed by atoms with Gasteiger partial charge in [0.15, 0.2) is 0 Å². The Morgan fingerprint density at radius 2 is 2.33 bits per heavy atom. The quantitative estimate of drug-likeness (QED) is 0.735. The summed E-state index contributed by atoms with van der Waals surface area (Å²) in [6, 6.07) is 2.21. The Kier molecular flexibility index (Phi) is 6.04. The lowest BCUT2D eigenvalue weighted by Gasteiger charge is -2.24. The summed E-state index contributed by atoms with van der Waals surface area (Å²) in [7, 11) is 3.97. The van der Waals surface area contributed by atoms with E-state index in [4.69, 9.17) is 5.11 Å². The molecule has 100 valence electrons. The zero-order valence-electron chi connectivity index (χ0n) is 10.8. The number of amides is 1. The van der Waals surface area contributed by atoms with E-state index < -0.39 is 0 Å². The highest BCUT2D eigenvalue weighted by Gasteiger charge is 2.16. The first-order valence-corrected chi connectivity index (χ1v) is 6.76. The van der Waals surface area contributed by atoms with Gasteiger partial charge in [0, 0.05) is 25.1 Å². The normalized spacial score (nSPS) is 12.4. The van der Waals surface area contributed by atoms with Crippen LogP contribution in [-0.4, -0.2) is 43.2 Å². The number of nitrogens with zero attached hydrogens (tertiary/aromatic N) is 1. The minimum absolute atomic E-state index is 0.0477. The molecule has 1 amide bonds. The van der Waals surface area contributed by atoms with Gasteiger partial charge in [-0.25, -0.2) is 0 Å². The molecule has 0 fully saturated rings. The van der Waals surface area contributed by atoms with Crippen LogP contribution in [0.5, 0.6) is 0 Å². The van der Waals surface area contributed by atoms with Gasteiger partial charge < -0.3 is 15.3 Å². The van der Waals surface area contributed by atoms with E-state index >= 15 is 0 Å². The van der Waals surface area contributed by atoms with Crippen LogP contribution in [0, 0.1) is 0 Å². The van der Waals surface area contributed by atoms with Crippen LogP contribution in [0.1, 0.15) is 18.0 Å². The van der Waals surface area contributed by atoms with E-state index in [1.807, 2.05) is 19.5 Å². The summed E-state index contributed by atoms with van der Waals surface area (Å²) in [5.41, 5.74) is 1.61. The van der Waals surface area contributed by atoms with Crippen LogP contribution >= 0.6 is 11.3 Å². The number of carbonyl (C=O) groups excluding carboxylic acids is 1. The molecule has 1 unspecified atom stereocenters. The molecule has 0 radical (unpaired) electrons. The van der Waals surface area contributed by atoms with Gasteiger partial charge in [-0.05, 0) is 36.5 Å². The highest BCUT2D eigenvalue weighted by Crippen LogP contribution is 2.20. The van der Waals surface area contributed by atoms with Crippen LogP contribution < -0.4 is 5.32 Å². The lowest BCUT2D eigenvalue weighted by molar-refractivity contribution is -0.117. The Hall–Kier alpha value is -1.17. The summed E-state index contributed by atoms with van der Waals surface area (Å²) in [4.78, 5) is 13.8. The van der Waals surface area contributed by atoms with Gasteiger partial charge in [0.05, 0.1) is 6.04 Å². The van der Waals surface area contributed by atoms with Crippen molar-refractivity contribution in [1.29, 1.82) is 0 Å². The van der Waals surface area contributed by atoms with Crippen LogP contribution in [0.25, 0.3) is 0 Å². The van der Waals surface area contributed by atoms with Crippen molar-refractivity contribution in [3.8, 4) is 0 Å². The van der Waals surface area contributed by atoms with Gasteiger partial charge in [-0.15, -0.1) is 0 Å². The number of hydrogen-bond acceptors (Lipinski definition) is 4. The van der Waals surface area contributed by atoms with E-state index in [0.29, 0.717) is 18.5 Å². The molecule has 1 heterocycles. The Labute approximate surface area is 112 Å². The molecule has 0 spiro atoms. The molecule has 0 aliphatic carbocycles. The number of hydrogen-bond donors (Lipinski definition) is 2. The highest BCUT2D eigenvalue weighted by atomic mass is 32.1. The molecule has 18 heavy (non-hydrogen) atoms. The number of likely N-dealkylation sites (N-methyl/N-ethyl adjacent to an activating group) is 1. The summed E-state index contributed by atoms with van der Waals surface area (Å²) in [6.07, 6.45) is 0.316. The standard InChI is InChI=1S/C13H20N2O2S/c1-10(4-6-16)13(17)14-8-12(15(2)3)11-5-7-18-9-11/h5,7,9,12,16H,1,4,6,8H2,2-3H3,(H,14,17). The van der Waals surface area contributed by atoms with Gasteiger partial charge in [-0.3, -0.25) is 4.79 Å². The van der Waals surface area contributed by atoms with Crippen molar-refractivity contribution in [2.75, 3.05) is 27.2 Å². The molecule has 1 atom stereocenters. The number of aliphatic hydroxyl groups is 1. The predicted molar refractivity (Wildman–Crippen MR) is 74.6 cm³/mol. The van der Waals surface area contributed by atoms with Crippen LogP contribution in [0.3, 0.4) is 0 Å². The molecule has 0 aliphatic rings. The first-order valence-electron chi connectivity index (χ1n) is 5.81. The van der Waals surface area contributed by atoms with Crippen molar-refractivity contribution in [2.45, 2.75) is 12.5 Å². The fraction of sp³-hybridized carbons (Fsp3) is 0.462. The monoisotopic (exact) mass is 268 g/mol. The van der Waals surface area contributed by atoms with Crippen LogP contribution in [0.4, 0.5) is 0 Å². The van der Waals surface area contributed by atoms with Gasteiger partial charge in [0.1, 0.15) is 0 Å². The fourth-order valence-electron chi connectivity index (χ4n) is 1.63. The smallest absolute Gasteiger partial charge is 0.246 e. The van der Waals surface area contributed by atoms with Crippen molar-refractivity contribution in [3.05, 3.63) is 34.5 Å². The molecule has 0 saturated heterocycles. The van der Waals surface area contributed by atoms with Gasteiger partial charge in [-0.1, -0.05) is 6.58 Å². The second-order valence-corrected chi connectivity index (χ2v) is 5.10. The maximum atomic E-state index is 11.7. The molecule has 0 aromatic carbocycles. The van der Waals surface area contributed by atoms with E-state index in [1.165, 1.54) is 5.56 Å². The first kappa shape index (κ1) is 14.9. The topological polar surface area (TPSA) is 52.6 Å². The third-order valence-electron chi connectivity index (χ3n) is 2.74. The van der Waals surface area contributed by atoms with Gasteiger partial charge >= 0.3 is 0 Å². The molecule has 1 aromatic rings. The molecule has 2 N–H and O–H groups in total. The van der Waals surface area contributed by atoms with Crippen molar-refractivity contribution < 1.29 is 9.90 Å². The SMILES string of the molecule is C=C(CCO)C(=O)NCC(c1ccsc1)N(C)C. The molecular weight excluding hydrogens is 248 g/mol. The molecule has 0 aliphatic heterocycles. The van der Waals surface area contributed by atoms with Gasteiger partial charge in [0.2, 0.25) is 5.91 Å². The minimum atomic E-state index is -0.189. The lowest BCUT2D eigenvalue weighted by Crippen LogP contribution is -2.35. The summed E-state index contributed by atoms with van der Waals surface area (Å²) in [5, 5.41) is 15.7. The summed E-state index contributed by atoms with van der Waals surface area (Å²) in [6.45, 7) is 4.13. The van der Waals surface area contributed by atoms with E-state index in [9.17, 15) is 4.79 Å². The Morgan fingerprint density at radius 3 is 2.83 bits per heavy atom. The third-order valence-corrected chi connectivity index (χ3v) is 3.44. The number of aliphatic hydroxyl groups excluding tert-OH is 1. The van der Waals surface area contributed by atoms with Crippen molar-refractivity contribution in [1.82, 2.24) is 10.2 Å². The van der Waals surface area contributed by atoms with Crippen LogP contribution in [0.2, 0.25) is 0 Å². The highest BCUT2D eigenvalue weighted by molar-refractivity contribution is 7.07. The van der Waals surface area contributed by atoms with E-state index in [0.717, 1.165) is 0 Å². The molecule has 1 rings (SSSR count). The largest absolute Gasteiger partial charge is 0.396 e. The maximum absolute atomic E-state index is 11.7. The second-order valence-electron chi connectivity index (χ2n) is 4.32. The van der Waals surface area contributed by atoms with Crippen molar-refractivity contribution >= 4 is 17.2 Å². The van der Waals surface area contributed by atoms with Crippen LogP contribution in [0.15, 0.2) is 29.0 Å². The Bertz CT molecular complexity index is 388. The number of rotatable bonds is 7. The van der Waals surface area contributed by atoms with Crippen LogP contribution in [-0.2, 0) is 4.79 Å². The van der Waals surface area contributed by atoms with E-state index in [1.54, 1.807) is 11.3 Å². The molecule has 5 heteroatoms. The average Bonchev–Trinajstić information content (AvgIpc) is 2.82. The Morgan fingerprint density at radius 1 is 1.61 bits per heavy atom. The fourth-order valence-corrected chi connectivity index (χ4v) is 2.33. The Balaban J connectivity index is 2.54. The minimum Gasteiger partial charge on any atom is -0.396 e. The zero-order chi connectivity index (χ0) is 13.5. The summed E-state index contributed by atoms with van der Waals surface area (Å²) < 4.78 is 0. The molecule has 0 saturated carbocycles. The molecular formula is C13H20N2O2S. The average molecular weight is 268 g/mol. The van der Waals surface area contributed by atoms with Crippen molar-refractivity contribution in [3.63, 3.8) is 0 Å². The molecule has 4 nitrogen and oxygen atoms in total. The second kappa shape index (κ2) is 7.31. The van der Waals surface area contributed by atoms with Gasteiger partial charge in [0.25, 0.3) is 0 Å². The zero-order valence-corrected chi connectivity index (χ0v) is 11.7. The lowest BCUT2D eigenvalue weighted by atomic mass is 10.1. The van der Waals surface area contributed by atoms with Gasteiger partial charge in [-0.2, -0.15) is 11.3 Å². The number of carbonyl (C=O) groups is 1. The number of nitrogens with one attached hydrogen (secondary N) is 1. The third kappa shape index (κ3) is 4.25.